The molecule has 84 valence electrons. The van der Waals surface area contributed by atoms with Crippen LogP contribution < -0.4 is 20.7 Å². The smallest absolute Gasteiger partial charge is 0.203 e. The molecular weight excluding hydrogens is 196 g/mol. The van der Waals surface area contributed by atoms with E-state index < -0.39 is 0 Å². The van der Waals surface area contributed by atoms with Crippen LogP contribution >= 0.6 is 0 Å². The van der Waals surface area contributed by atoms with E-state index in [1.165, 1.54) is 14.2 Å². The number of rotatable bonds is 4. The van der Waals surface area contributed by atoms with E-state index in [4.69, 9.17) is 15.3 Å². The number of methoxy groups -OCH3 is 2. The summed E-state index contributed by atoms with van der Waals surface area (Å²) in [6, 6.07) is 3.30. The Kier molecular flexibility index (Phi) is 3.76. The number of phenolic OH excluding ortho intramolecular Hbond substituents is 1. The fraction of sp³-hybridized carbons (Fsp3) is 0.400. The summed E-state index contributed by atoms with van der Waals surface area (Å²) >= 11 is 0. The van der Waals surface area contributed by atoms with Crippen LogP contribution in [-0.2, 0) is 0 Å². The Morgan fingerprint density at radius 3 is 2.47 bits per heavy atom. The standard InChI is InChI=1S/C10H16N2O3/c1-6(12-11)7-4-5-8(14-2)10(15-3)9(7)13/h4-6,12-13H,11H2,1-3H3. The van der Waals surface area contributed by atoms with Gasteiger partial charge in [0, 0.05) is 11.6 Å². The molecule has 1 aromatic rings. The molecule has 4 N–H and O–H groups in total. The van der Waals surface area contributed by atoms with Crippen molar-refractivity contribution >= 4 is 0 Å². The van der Waals surface area contributed by atoms with Crippen molar-refractivity contribution in [2.24, 2.45) is 5.84 Å². The van der Waals surface area contributed by atoms with E-state index in [9.17, 15) is 5.11 Å². The van der Waals surface area contributed by atoms with Gasteiger partial charge in [-0.15, -0.1) is 0 Å². The van der Waals surface area contributed by atoms with E-state index in [0.29, 0.717) is 17.1 Å². The van der Waals surface area contributed by atoms with Gasteiger partial charge in [-0.2, -0.15) is 0 Å². The molecule has 0 amide bonds. The number of nitrogens with one attached hydrogen (secondary N) is 1. The fourth-order valence-corrected chi connectivity index (χ4v) is 1.37. The molecule has 0 fully saturated rings. The highest BCUT2D eigenvalue weighted by atomic mass is 16.5. The minimum atomic E-state index is -0.162. The lowest BCUT2D eigenvalue weighted by atomic mass is 10.1. The van der Waals surface area contributed by atoms with Crippen LogP contribution in [0.15, 0.2) is 12.1 Å². The summed E-state index contributed by atoms with van der Waals surface area (Å²) in [5.41, 5.74) is 3.22. The molecule has 0 aliphatic rings. The van der Waals surface area contributed by atoms with Crippen molar-refractivity contribution in [2.45, 2.75) is 13.0 Å². The third kappa shape index (κ3) is 2.14. The van der Waals surface area contributed by atoms with Crippen LogP contribution in [0.2, 0.25) is 0 Å². The maximum absolute atomic E-state index is 9.90. The van der Waals surface area contributed by atoms with Gasteiger partial charge in [0.15, 0.2) is 11.5 Å². The summed E-state index contributed by atoms with van der Waals surface area (Å²) in [6.45, 7) is 1.83. The minimum absolute atomic E-state index is 0.0438. The quantitative estimate of drug-likeness (QED) is 0.511. The molecule has 1 aromatic carbocycles. The Bertz CT molecular complexity index is 342. The van der Waals surface area contributed by atoms with E-state index in [-0.39, 0.29) is 11.8 Å². The van der Waals surface area contributed by atoms with Gasteiger partial charge in [0.05, 0.1) is 14.2 Å². The Balaban J connectivity index is 3.22. The average molecular weight is 212 g/mol. The van der Waals surface area contributed by atoms with Crippen LogP contribution in [0.25, 0.3) is 0 Å². The molecule has 0 radical (unpaired) electrons. The number of phenols is 1. The van der Waals surface area contributed by atoms with E-state index in [0.717, 1.165) is 0 Å². The van der Waals surface area contributed by atoms with E-state index >= 15 is 0 Å². The third-order valence-corrected chi connectivity index (χ3v) is 2.27. The summed E-state index contributed by atoms with van der Waals surface area (Å²) in [4.78, 5) is 0. The summed E-state index contributed by atoms with van der Waals surface area (Å²) in [5, 5.41) is 9.90. The Morgan fingerprint density at radius 1 is 1.33 bits per heavy atom. The van der Waals surface area contributed by atoms with Crippen molar-refractivity contribution in [3.8, 4) is 17.2 Å². The van der Waals surface area contributed by atoms with Crippen LogP contribution in [0.3, 0.4) is 0 Å². The second-order valence-electron chi connectivity index (χ2n) is 3.13. The number of aromatic hydroxyl groups is 1. The summed E-state index contributed by atoms with van der Waals surface area (Å²) in [6.07, 6.45) is 0. The fourth-order valence-electron chi connectivity index (χ4n) is 1.37. The largest absolute Gasteiger partial charge is 0.504 e. The summed E-state index contributed by atoms with van der Waals surface area (Å²) < 4.78 is 10.1. The number of benzene rings is 1. The molecule has 0 aliphatic carbocycles. The van der Waals surface area contributed by atoms with Gasteiger partial charge in [-0.25, -0.2) is 0 Å². The lowest BCUT2D eigenvalue weighted by Gasteiger charge is -2.16. The maximum Gasteiger partial charge on any atom is 0.203 e. The number of hydrazine groups is 1. The van der Waals surface area contributed by atoms with Gasteiger partial charge in [0.1, 0.15) is 0 Å². The van der Waals surface area contributed by atoms with Gasteiger partial charge in [0.2, 0.25) is 5.75 Å². The number of ether oxygens (including phenoxy) is 2. The van der Waals surface area contributed by atoms with Crippen molar-refractivity contribution in [1.82, 2.24) is 5.43 Å². The zero-order valence-corrected chi connectivity index (χ0v) is 9.07. The topological polar surface area (TPSA) is 76.7 Å². The zero-order chi connectivity index (χ0) is 11.4. The first-order chi connectivity index (χ1) is 7.15. The zero-order valence-electron chi connectivity index (χ0n) is 9.07. The minimum Gasteiger partial charge on any atom is -0.504 e. The summed E-state index contributed by atoms with van der Waals surface area (Å²) in [5.74, 6) is 6.15. The van der Waals surface area contributed by atoms with E-state index in [1.807, 2.05) is 6.92 Å². The van der Waals surface area contributed by atoms with Gasteiger partial charge >= 0.3 is 0 Å². The molecule has 0 saturated carbocycles. The van der Waals surface area contributed by atoms with Crippen molar-refractivity contribution in [1.29, 1.82) is 0 Å². The van der Waals surface area contributed by atoms with Crippen molar-refractivity contribution in [3.05, 3.63) is 17.7 Å². The highest BCUT2D eigenvalue weighted by Gasteiger charge is 2.17. The second-order valence-corrected chi connectivity index (χ2v) is 3.13. The Morgan fingerprint density at radius 2 is 2.00 bits per heavy atom. The molecule has 15 heavy (non-hydrogen) atoms. The van der Waals surface area contributed by atoms with Gasteiger partial charge in [-0.3, -0.25) is 11.3 Å². The van der Waals surface area contributed by atoms with Gasteiger partial charge in [-0.1, -0.05) is 0 Å². The molecule has 5 nitrogen and oxygen atoms in total. The molecule has 0 aliphatic heterocycles. The van der Waals surface area contributed by atoms with E-state index in [2.05, 4.69) is 5.43 Å². The highest BCUT2D eigenvalue weighted by Crippen LogP contribution is 2.40. The molecule has 0 spiro atoms. The lowest BCUT2D eigenvalue weighted by molar-refractivity contribution is 0.329. The predicted octanol–water partition coefficient (Wildman–Crippen LogP) is 0.934. The molecule has 0 bridgehead atoms. The van der Waals surface area contributed by atoms with E-state index in [1.54, 1.807) is 12.1 Å². The molecule has 1 rings (SSSR count). The van der Waals surface area contributed by atoms with Crippen LogP contribution in [0.1, 0.15) is 18.5 Å². The van der Waals surface area contributed by atoms with Crippen LogP contribution in [0.4, 0.5) is 0 Å². The van der Waals surface area contributed by atoms with Crippen molar-refractivity contribution in [2.75, 3.05) is 14.2 Å². The van der Waals surface area contributed by atoms with Gasteiger partial charge in [-0.05, 0) is 19.1 Å². The first-order valence-corrected chi connectivity index (χ1v) is 4.55. The molecule has 0 heterocycles. The lowest BCUT2D eigenvalue weighted by Crippen LogP contribution is -2.25. The monoisotopic (exact) mass is 212 g/mol. The molecule has 1 atom stereocenters. The third-order valence-electron chi connectivity index (χ3n) is 2.27. The number of nitrogens with two attached hydrogens (primary N) is 1. The Labute approximate surface area is 88.8 Å². The van der Waals surface area contributed by atoms with Crippen LogP contribution in [0.5, 0.6) is 17.2 Å². The first kappa shape index (κ1) is 11.6. The normalized spacial score (nSPS) is 12.3. The highest BCUT2D eigenvalue weighted by molar-refractivity contribution is 5.55. The summed E-state index contributed by atoms with van der Waals surface area (Å²) in [7, 11) is 2.99. The van der Waals surface area contributed by atoms with Gasteiger partial charge in [0.25, 0.3) is 0 Å². The number of hydrogen-bond donors (Lipinski definition) is 3. The maximum atomic E-state index is 9.90. The second kappa shape index (κ2) is 4.86. The average Bonchev–Trinajstić information content (AvgIpc) is 2.27. The van der Waals surface area contributed by atoms with Crippen molar-refractivity contribution < 1.29 is 14.6 Å². The Hall–Kier alpha value is -1.46. The SMILES string of the molecule is COc1ccc(C(C)NN)c(O)c1OC. The first-order valence-electron chi connectivity index (χ1n) is 4.55. The van der Waals surface area contributed by atoms with Crippen molar-refractivity contribution in [3.63, 3.8) is 0 Å². The van der Waals surface area contributed by atoms with Crippen LogP contribution in [0, 0.1) is 0 Å². The predicted molar refractivity (Wildman–Crippen MR) is 56.9 cm³/mol. The number of hydrogen-bond acceptors (Lipinski definition) is 5. The van der Waals surface area contributed by atoms with Crippen LogP contribution in [-0.4, -0.2) is 19.3 Å². The molecule has 1 unspecified atom stereocenters. The molecule has 0 saturated heterocycles. The molecule has 0 aromatic heterocycles. The molecular formula is C10H16N2O3. The molecule has 5 heteroatoms. The van der Waals surface area contributed by atoms with Gasteiger partial charge < -0.3 is 14.6 Å².